The fourth-order valence-corrected chi connectivity index (χ4v) is 1.83. The van der Waals surface area contributed by atoms with Gasteiger partial charge in [0.2, 0.25) is 0 Å². The molecule has 0 saturated carbocycles. The Morgan fingerprint density at radius 1 is 1.17 bits per heavy atom. The van der Waals surface area contributed by atoms with Crippen molar-refractivity contribution in [3.05, 3.63) is 0 Å². The van der Waals surface area contributed by atoms with Crippen molar-refractivity contribution in [2.24, 2.45) is 0 Å². The first-order valence-electron chi connectivity index (χ1n) is 4.76. The second-order valence-corrected chi connectivity index (χ2v) is 3.46. The average Bonchev–Trinajstić information content (AvgIpc) is 2.21. The van der Waals surface area contributed by atoms with Crippen LogP contribution in [-0.2, 0) is 4.74 Å². The standard InChI is InChI=1S/C8H17N3O/c1-2-7(11-10-3-1)8-6-12-5-4-9-8/h7-11H,1-6H2. The summed E-state index contributed by atoms with van der Waals surface area (Å²) in [5.41, 5.74) is 6.48. The predicted octanol–water partition coefficient (Wildman–Crippen LogP) is -0.769. The Balaban J connectivity index is 1.80. The Labute approximate surface area is 73.0 Å². The van der Waals surface area contributed by atoms with Crippen LogP contribution < -0.4 is 16.2 Å². The summed E-state index contributed by atoms with van der Waals surface area (Å²) in [5.74, 6) is 0. The number of ether oxygens (including phenoxy) is 1. The molecule has 4 heteroatoms. The summed E-state index contributed by atoms with van der Waals surface area (Å²) in [6, 6.07) is 1.03. The summed E-state index contributed by atoms with van der Waals surface area (Å²) < 4.78 is 5.41. The van der Waals surface area contributed by atoms with E-state index in [2.05, 4.69) is 16.2 Å². The van der Waals surface area contributed by atoms with Crippen molar-refractivity contribution >= 4 is 0 Å². The molecule has 2 heterocycles. The topological polar surface area (TPSA) is 45.3 Å². The third kappa shape index (κ3) is 1.95. The van der Waals surface area contributed by atoms with E-state index in [0.29, 0.717) is 12.1 Å². The molecule has 3 N–H and O–H groups in total. The van der Waals surface area contributed by atoms with E-state index < -0.39 is 0 Å². The van der Waals surface area contributed by atoms with Crippen LogP contribution in [0.5, 0.6) is 0 Å². The number of hydrogen-bond donors (Lipinski definition) is 3. The number of morpholine rings is 1. The van der Waals surface area contributed by atoms with Crippen LogP contribution >= 0.6 is 0 Å². The molecule has 0 radical (unpaired) electrons. The second-order valence-electron chi connectivity index (χ2n) is 3.46. The van der Waals surface area contributed by atoms with Gasteiger partial charge in [-0.2, -0.15) is 0 Å². The van der Waals surface area contributed by atoms with Crippen LogP contribution in [0.2, 0.25) is 0 Å². The van der Waals surface area contributed by atoms with Crippen molar-refractivity contribution in [3.63, 3.8) is 0 Å². The second kappa shape index (κ2) is 4.18. The van der Waals surface area contributed by atoms with Crippen LogP contribution in [0.15, 0.2) is 0 Å². The van der Waals surface area contributed by atoms with E-state index in [9.17, 15) is 0 Å². The van der Waals surface area contributed by atoms with Crippen LogP contribution in [0.3, 0.4) is 0 Å². The fourth-order valence-electron chi connectivity index (χ4n) is 1.83. The molecule has 0 amide bonds. The summed E-state index contributed by atoms with van der Waals surface area (Å²) in [6.07, 6.45) is 2.50. The number of rotatable bonds is 1. The number of hydrogen-bond acceptors (Lipinski definition) is 4. The average molecular weight is 171 g/mol. The molecule has 2 atom stereocenters. The van der Waals surface area contributed by atoms with Crippen LogP contribution in [0.4, 0.5) is 0 Å². The van der Waals surface area contributed by atoms with Crippen molar-refractivity contribution in [1.82, 2.24) is 16.2 Å². The molecule has 4 nitrogen and oxygen atoms in total. The van der Waals surface area contributed by atoms with Gasteiger partial charge in [0.1, 0.15) is 0 Å². The van der Waals surface area contributed by atoms with Gasteiger partial charge in [-0.1, -0.05) is 0 Å². The monoisotopic (exact) mass is 171 g/mol. The zero-order valence-corrected chi connectivity index (χ0v) is 7.31. The normalized spacial score (nSPS) is 38.0. The first-order valence-corrected chi connectivity index (χ1v) is 4.76. The lowest BCUT2D eigenvalue weighted by atomic mass is 10.0. The molecule has 2 rings (SSSR count). The lowest BCUT2D eigenvalue weighted by Crippen LogP contribution is -2.59. The highest BCUT2D eigenvalue weighted by molar-refractivity contribution is 4.84. The van der Waals surface area contributed by atoms with Gasteiger partial charge in [0, 0.05) is 25.2 Å². The van der Waals surface area contributed by atoms with Crippen molar-refractivity contribution < 1.29 is 4.74 Å². The Kier molecular flexibility index (Phi) is 2.94. The highest BCUT2D eigenvalue weighted by Crippen LogP contribution is 2.07. The minimum Gasteiger partial charge on any atom is -0.378 e. The Hall–Kier alpha value is -0.160. The first kappa shape index (κ1) is 8.44. The Bertz CT molecular complexity index is 114. The molecule has 2 aliphatic heterocycles. The minimum absolute atomic E-state index is 0.492. The Morgan fingerprint density at radius 3 is 2.83 bits per heavy atom. The molecule has 2 unspecified atom stereocenters. The Morgan fingerprint density at radius 2 is 2.17 bits per heavy atom. The summed E-state index contributed by atoms with van der Waals surface area (Å²) in [7, 11) is 0. The van der Waals surface area contributed by atoms with Crippen molar-refractivity contribution in [2.45, 2.75) is 24.9 Å². The molecule has 0 spiro atoms. The molecule has 2 saturated heterocycles. The minimum atomic E-state index is 0.492. The maximum Gasteiger partial charge on any atom is 0.0636 e. The van der Waals surface area contributed by atoms with E-state index in [1.54, 1.807) is 0 Å². The highest BCUT2D eigenvalue weighted by Gasteiger charge is 2.24. The third-order valence-electron chi connectivity index (χ3n) is 2.54. The van der Waals surface area contributed by atoms with Gasteiger partial charge in [0.05, 0.1) is 13.2 Å². The van der Waals surface area contributed by atoms with Crippen LogP contribution in [0, 0.1) is 0 Å². The van der Waals surface area contributed by atoms with Gasteiger partial charge in [-0.3, -0.25) is 10.9 Å². The largest absolute Gasteiger partial charge is 0.378 e. The number of nitrogens with one attached hydrogen (secondary N) is 3. The van der Waals surface area contributed by atoms with Crippen molar-refractivity contribution in [1.29, 1.82) is 0 Å². The molecule has 70 valence electrons. The molecule has 2 aliphatic rings. The first-order chi connectivity index (χ1) is 5.97. The summed E-state index contributed by atoms with van der Waals surface area (Å²) in [5, 5.41) is 3.46. The van der Waals surface area contributed by atoms with Crippen molar-refractivity contribution in [3.8, 4) is 0 Å². The molecule has 0 aromatic rings. The smallest absolute Gasteiger partial charge is 0.0636 e. The molecule has 2 fully saturated rings. The van der Waals surface area contributed by atoms with Crippen LogP contribution in [-0.4, -0.2) is 38.4 Å². The van der Waals surface area contributed by atoms with Gasteiger partial charge in [-0.25, -0.2) is 0 Å². The van der Waals surface area contributed by atoms with Crippen LogP contribution in [0.1, 0.15) is 12.8 Å². The van der Waals surface area contributed by atoms with Gasteiger partial charge in [0.25, 0.3) is 0 Å². The maximum absolute atomic E-state index is 5.41. The van der Waals surface area contributed by atoms with Gasteiger partial charge >= 0.3 is 0 Å². The third-order valence-corrected chi connectivity index (χ3v) is 2.54. The molecule has 0 bridgehead atoms. The maximum atomic E-state index is 5.41. The lowest BCUT2D eigenvalue weighted by molar-refractivity contribution is 0.0565. The number of hydrazine groups is 1. The van der Waals surface area contributed by atoms with E-state index in [1.807, 2.05) is 0 Å². The SMILES string of the molecule is C1CNNC(C2COCCN2)C1. The quantitative estimate of drug-likeness (QED) is 0.485. The summed E-state index contributed by atoms with van der Waals surface area (Å²) in [6.45, 7) is 3.78. The van der Waals surface area contributed by atoms with E-state index >= 15 is 0 Å². The molecular weight excluding hydrogens is 154 g/mol. The van der Waals surface area contributed by atoms with Gasteiger partial charge in [-0.15, -0.1) is 0 Å². The molecule has 0 aromatic heterocycles. The van der Waals surface area contributed by atoms with E-state index in [0.717, 1.165) is 26.3 Å². The van der Waals surface area contributed by atoms with Gasteiger partial charge in [0.15, 0.2) is 0 Å². The van der Waals surface area contributed by atoms with E-state index in [-0.39, 0.29) is 0 Å². The zero-order chi connectivity index (χ0) is 8.23. The molecule has 0 aromatic carbocycles. The summed E-state index contributed by atoms with van der Waals surface area (Å²) in [4.78, 5) is 0. The molecule has 12 heavy (non-hydrogen) atoms. The molecule has 0 aliphatic carbocycles. The predicted molar refractivity (Wildman–Crippen MR) is 46.8 cm³/mol. The van der Waals surface area contributed by atoms with E-state index in [1.165, 1.54) is 12.8 Å². The van der Waals surface area contributed by atoms with Crippen molar-refractivity contribution in [2.75, 3.05) is 26.3 Å². The lowest BCUT2D eigenvalue weighted by Gasteiger charge is -2.34. The molecular formula is C8H17N3O. The fraction of sp³-hybridized carbons (Fsp3) is 1.00. The van der Waals surface area contributed by atoms with Crippen LogP contribution in [0.25, 0.3) is 0 Å². The van der Waals surface area contributed by atoms with Gasteiger partial charge in [-0.05, 0) is 12.8 Å². The summed E-state index contributed by atoms with van der Waals surface area (Å²) >= 11 is 0. The zero-order valence-electron chi connectivity index (χ0n) is 7.31. The highest BCUT2D eigenvalue weighted by atomic mass is 16.5. The van der Waals surface area contributed by atoms with E-state index in [4.69, 9.17) is 4.74 Å². The van der Waals surface area contributed by atoms with Gasteiger partial charge < -0.3 is 10.1 Å².